The van der Waals surface area contributed by atoms with Crippen LogP contribution in [0.15, 0.2) is 0 Å². The van der Waals surface area contributed by atoms with Crippen LogP contribution in [0.2, 0.25) is 0 Å². The fourth-order valence-electron chi connectivity index (χ4n) is 4.11. The van der Waals surface area contributed by atoms with Gasteiger partial charge < -0.3 is 25.4 Å². The summed E-state index contributed by atoms with van der Waals surface area (Å²) in [6.45, 7) is 4.74. The van der Waals surface area contributed by atoms with Crippen LogP contribution in [-0.4, -0.2) is 93.3 Å². The summed E-state index contributed by atoms with van der Waals surface area (Å²) >= 11 is 7.55. The van der Waals surface area contributed by atoms with Crippen LogP contribution < -0.4 is 5.32 Å². The van der Waals surface area contributed by atoms with E-state index >= 15 is 0 Å². The maximum atomic E-state index is 12.9. The van der Waals surface area contributed by atoms with Gasteiger partial charge in [0.05, 0.1) is 17.5 Å². The van der Waals surface area contributed by atoms with Gasteiger partial charge in [-0.25, -0.2) is 0 Å². The third-order valence-corrected chi connectivity index (χ3v) is 6.76. The molecule has 2 aliphatic heterocycles. The van der Waals surface area contributed by atoms with Crippen LogP contribution in [0, 0.1) is 5.92 Å². The molecule has 0 aromatic heterocycles. The van der Waals surface area contributed by atoms with Gasteiger partial charge in [0.25, 0.3) is 0 Å². The summed E-state index contributed by atoms with van der Waals surface area (Å²) in [4.78, 5) is 14.9. The minimum atomic E-state index is -1.36. The number of nitrogens with one attached hydrogen (secondary N) is 1. The Hall–Kier alpha value is -0.0900. The summed E-state index contributed by atoms with van der Waals surface area (Å²) in [6.07, 6.45) is -0.0980. The first kappa shape index (κ1) is 23.2. The summed E-state index contributed by atoms with van der Waals surface area (Å²) in [7, 11) is 1.94. The average molecular weight is 425 g/mol. The number of nitrogens with zero attached hydrogens (tertiary/aromatic N) is 1. The Labute approximate surface area is 170 Å². The van der Waals surface area contributed by atoms with Crippen molar-refractivity contribution >= 4 is 29.3 Å². The molecule has 0 saturated carbocycles. The van der Waals surface area contributed by atoms with Crippen molar-refractivity contribution in [1.82, 2.24) is 10.2 Å². The molecular weight excluding hydrogens is 392 g/mol. The Balaban J connectivity index is 2.09. The van der Waals surface area contributed by atoms with E-state index in [1.54, 1.807) is 13.2 Å². The molecule has 5 unspecified atom stereocenters. The van der Waals surface area contributed by atoms with Gasteiger partial charge in [0.1, 0.15) is 29.9 Å². The van der Waals surface area contributed by atoms with Crippen molar-refractivity contribution in [3.8, 4) is 0 Å². The Morgan fingerprint density at radius 3 is 2.56 bits per heavy atom. The van der Waals surface area contributed by atoms with Crippen LogP contribution in [0.3, 0.4) is 0 Å². The molecule has 9 atom stereocenters. The van der Waals surface area contributed by atoms with Gasteiger partial charge in [-0.3, -0.25) is 9.69 Å². The second kappa shape index (κ2) is 10.1. The van der Waals surface area contributed by atoms with Crippen molar-refractivity contribution in [2.75, 3.05) is 19.8 Å². The molecule has 0 aromatic rings. The molecule has 7 nitrogen and oxygen atoms in total. The summed E-state index contributed by atoms with van der Waals surface area (Å²) in [5.41, 5.74) is -0.702. The molecule has 2 heterocycles. The molecule has 27 heavy (non-hydrogen) atoms. The lowest BCUT2D eigenvalue weighted by Gasteiger charge is -2.44. The van der Waals surface area contributed by atoms with Crippen molar-refractivity contribution in [2.24, 2.45) is 5.92 Å². The molecule has 9 heteroatoms. The molecule has 0 radical (unpaired) electrons. The number of carbonyl (C=O) groups is 1. The first-order valence-electron chi connectivity index (χ1n) is 9.58. The number of carbonyl (C=O) groups excluding carboxylic acids is 1. The highest BCUT2D eigenvalue weighted by molar-refractivity contribution is 7.99. The van der Waals surface area contributed by atoms with Gasteiger partial charge in [-0.05, 0) is 39.0 Å². The molecule has 2 fully saturated rings. The van der Waals surface area contributed by atoms with Gasteiger partial charge in [0, 0.05) is 6.54 Å². The van der Waals surface area contributed by atoms with Crippen LogP contribution in [-0.2, 0) is 9.53 Å². The Bertz CT molecular complexity index is 498. The number of hydrogen-bond acceptors (Lipinski definition) is 7. The number of rotatable bonds is 7. The fraction of sp³-hybridized carbons (Fsp3) is 0.944. The highest BCUT2D eigenvalue weighted by Gasteiger charge is 2.48. The largest absolute Gasteiger partial charge is 0.388 e. The molecule has 158 valence electrons. The van der Waals surface area contributed by atoms with Crippen LogP contribution in [0.5, 0.6) is 0 Å². The van der Waals surface area contributed by atoms with E-state index in [2.05, 4.69) is 12.2 Å². The van der Waals surface area contributed by atoms with Crippen LogP contribution in [0.4, 0.5) is 0 Å². The summed E-state index contributed by atoms with van der Waals surface area (Å²) in [6, 6.07) is -0.934. The summed E-state index contributed by atoms with van der Waals surface area (Å²) in [5.74, 6) is 0.350. The Kier molecular flexibility index (Phi) is 8.67. The van der Waals surface area contributed by atoms with E-state index in [9.17, 15) is 20.1 Å². The van der Waals surface area contributed by atoms with Crippen LogP contribution in [0.25, 0.3) is 0 Å². The maximum Gasteiger partial charge on any atom is 0.237 e. The molecule has 2 saturated heterocycles. The third-order valence-electron chi connectivity index (χ3n) is 5.63. The quantitative estimate of drug-likeness (QED) is 0.438. The molecule has 0 aromatic carbocycles. The number of ether oxygens (including phenoxy) is 1. The highest BCUT2D eigenvalue weighted by Crippen LogP contribution is 2.31. The molecule has 0 bridgehead atoms. The third kappa shape index (κ3) is 5.29. The van der Waals surface area contributed by atoms with Gasteiger partial charge in [0.15, 0.2) is 0 Å². The lowest BCUT2D eigenvalue weighted by molar-refractivity contribution is -0.205. The van der Waals surface area contributed by atoms with Crippen molar-refractivity contribution in [3.63, 3.8) is 0 Å². The number of amides is 1. The van der Waals surface area contributed by atoms with Gasteiger partial charge in [0.2, 0.25) is 5.91 Å². The Morgan fingerprint density at radius 2 is 2.00 bits per heavy atom. The average Bonchev–Trinajstić information content (AvgIpc) is 2.99. The van der Waals surface area contributed by atoms with Gasteiger partial charge in [-0.15, -0.1) is 23.4 Å². The number of thioether (sulfide) groups is 1. The van der Waals surface area contributed by atoms with Gasteiger partial charge in [-0.2, -0.15) is 0 Å². The van der Waals surface area contributed by atoms with E-state index in [0.29, 0.717) is 5.92 Å². The molecule has 0 aliphatic carbocycles. The molecular formula is C18H33ClN2O5S. The number of halogens is 1. The maximum absolute atomic E-state index is 12.9. The molecule has 2 rings (SSSR count). The molecule has 2 aliphatic rings. The van der Waals surface area contributed by atoms with Crippen LogP contribution >= 0.6 is 23.4 Å². The van der Waals surface area contributed by atoms with Crippen molar-refractivity contribution in [1.29, 1.82) is 0 Å². The predicted octanol–water partition coefficient (Wildman–Crippen LogP) is 0.390. The van der Waals surface area contributed by atoms with E-state index in [1.807, 2.05) is 11.9 Å². The number of aliphatic hydroxyl groups excluding tert-OH is 3. The lowest BCUT2D eigenvalue weighted by atomic mass is 9.92. The number of aliphatic hydroxyl groups is 3. The molecule has 0 spiro atoms. The van der Waals surface area contributed by atoms with Gasteiger partial charge >= 0.3 is 0 Å². The number of hydrogen-bond donors (Lipinski definition) is 4. The highest BCUT2D eigenvalue weighted by atomic mass is 35.5. The second-order valence-corrected chi connectivity index (χ2v) is 9.36. The minimum absolute atomic E-state index is 0.147. The van der Waals surface area contributed by atoms with E-state index in [4.69, 9.17) is 16.3 Å². The van der Waals surface area contributed by atoms with E-state index < -0.39 is 41.3 Å². The topological polar surface area (TPSA) is 102 Å². The number of likely N-dealkylation sites (tertiary alicyclic amines) is 1. The molecule has 4 N–H and O–H groups in total. The predicted molar refractivity (Wildman–Crippen MR) is 107 cm³/mol. The smallest absolute Gasteiger partial charge is 0.237 e. The van der Waals surface area contributed by atoms with Crippen molar-refractivity contribution < 1.29 is 24.9 Å². The standard InChI is InChI=1S/C18H33ClN2O5S/c1-5-6-10-7-11(21(3)8-10)17(25)20-12(9(2)19)16-14(23)13(22)15(24)18(26-16)27-4/h9-16,18,22-24H,5-8H2,1-4H3,(H,20,25)/t9-,10+,11-,12+,13?,14?,15?,16?,18?/m0/s1. The fourth-order valence-corrected chi connectivity index (χ4v) is 5.00. The zero-order chi connectivity index (χ0) is 20.3. The SMILES string of the molecule is CCC[C@@H]1C[C@@H](C(=O)N[C@@H](C2OC(SC)C(O)C(O)C2O)[C@H](C)Cl)N(C)C1. The second-order valence-electron chi connectivity index (χ2n) is 7.73. The summed E-state index contributed by atoms with van der Waals surface area (Å²) in [5, 5.41) is 33.0. The monoisotopic (exact) mass is 424 g/mol. The normalized spacial score (nSPS) is 39.9. The van der Waals surface area contributed by atoms with E-state index in [-0.39, 0.29) is 11.9 Å². The Morgan fingerprint density at radius 1 is 1.33 bits per heavy atom. The van der Waals surface area contributed by atoms with Crippen LogP contribution in [0.1, 0.15) is 33.1 Å². The van der Waals surface area contributed by atoms with Crippen molar-refractivity contribution in [2.45, 2.75) is 80.4 Å². The summed E-state index contributed by atoms with van der Waals surface area (Å²) < 4.78 is 5.79. The minimum Gasteiger partial charge on any atom is -0.388 e. The number of alkyl halides is 1. The first-order valence-corrected chi connectivity index (χ1v) is 11.3. The van der Waals surface area contributed by atoms with E-state index in [1.165, 1.54) is 11.8 Å². The first-order chi connectivity index (χ1) is 12.7. The van der Waals surface area contributed by atoms with E-state index in [0.717, 1.165) is 25.8 Å². The lowest BCUT2D eigenvalue weighted by Crippen LogP contribution is -2.65. The van der Waals surface area contributed by atoms with Gasteiger partial charge in [-0.1, -0.05) is 13.3 Å². The zero-order valence-corrected chi connectivity index (χ0v) is 18.0. The van der Waals surface area contributed by atoms with Crippen molar-refractivity contribution in [3.05, 3.63) is 0 Å². The zero-order valence-electron chi connectivity index (χ0n) is 16.4. The number of likely N-dealkylation sites (N-methyl/N-ethyl adjacent to an activating group) is 1. The molecule has 1 amide bonds.